The minimum absolute atomic E-state index is 0.109. The highest BCUT2D eigenvalue weighted by molar-refractivity contribution is 8.00. The molecular formula is C17H13ClN4O3S. The molecule has 0 radical (unpaired) electrons. The molecule has 3 rings (SSSR count). The molecule has 0 aliphatic heterocycles. The monoisotopic (exact) mass is 388 g/mol. The van der Waals surface area contributed by atoms with Gasteiger partial charge in [-0.15, -0.1) is 0 Å². The lowest BCUT2D eigenvalue weighted by molar-refractivity contribution is -0.384. The number of hydrogen-bond donors (Lipinski definition) is 1. The zero-order chi connectivity index (χ0) is 18.7. The average molecular weight is 389 g/mol. The van der Waals surface area contributed by atoms with Gasteiger partial charge in [0.25, 0.3) is 5.69 Å². The molecule has 1 atom stereocenters. The summed E-state index contributed by atoms with van der Waals surface area (Å²) in [6.07, 6.45) is 1.46. The smallest absolute Gasteiger partial charge is 0.271 e. The molecule has 1 N–H and O–H groups in total. The second-order valence-corrected chi connectivity index (χ2v) is 7.10. The number of para-hydroxylation sites is 1. The van der Waals surface area contributed by atoms with Crippen molar-refractivity contribution in [3.8, 4) is 0 Å². The summed E-state index contributed by atoms with van der Waals surface area (Å²) in [7, 11) is 0. The molecule has 0 spiro atoms. The van der Waals surface area contributed by atoms with Crippen molar-refractivity contribution in [2.75, 3.05) is 5.32 Å². The minimum atomic E-state index is -0.545. The highest BCUT2D eigenvalue weighted by atomic mass is 35.5. The lowest BCUT2D eigenvalue weighted by Crippen LogP contribution is -2.22. The van der Waals surface area contributed by atoms with Crippen molar-refractivity contribution in [3.63, 3.8) is 0 Å². The van der Waals surface area contributed by atoms with Gasteiger partial charge in [-0.2, -0.15) is 0 Å². The number of nitro benzene ring substituents is 1. The van der Waals surface area contributed by atoms with Crippen molar-refractivity contribution in [2.24, 2.45) is 0 Å². The van der Waals surface area contributed by atoms with Crippen LogP contribution in [0.5, 0.6) is 0 Å². The summed E-state index contributed by atoms with van der Waals surface area (Å²) in [5.41, 5.74) is 0.987. The van der Waals surface area contributed by atoms with Gasteiger partial charge in [-0.05, 0) is 19.1 Å². The summed E-state index contributed by atoms with van der Waals surface area (Å²) in [6.45, 7) is 1.75. The molecule has 1 aromatic heterocycles. The number of rotatable bonds is 5. The summed E-state index contributed by atoms with van der Waals surface area (Å²) in [5, 5.41) is 14.7. The molecule has 9 heteroatoms. The summed E-state index contributed by atoms with van der Waals surface area (Å²) in [4.78, 5) is 31.1. The van der Waals surface area contributed by atoms with Gasteiger partial charge in [-0.1, -0.05) is 41.6 Å². The number of halogens is 1. The van der Waals surface area contributed by atoms with Crippen molar-refractivity contribution in [2.45, 2.75) is 17.2 Å². The Balaban J connectivity index is 1.75. The van der Waals surface area contributed by atoms with E-state index in [0.29, 0.717) is 10.7 Å². The number of nitrogens with zero attached hydrogens (tertiary/aromatic N) is 3. The third kappa shape index (κ3) is 3.92. The van der Waals surface area contributed by atoms with Crippen molar-refractivity contribution in [1.82, 2.24) is 9.97 Å². The van der Waals surface area contributed by atoms with Gasteiger partial charge < -0.3 is 5.32 Å². The lowest BCUT2D eigenvalue weighted by atomic mass is 10.2. The first-order chi connectivity index (χ1) is 12.5. The van der Waals surface area contributed by atoms with Gasteiger partial charge in [0.1, 0.15) is 11.4 Å². The third-order valence-corrected chi connectivity index (χ3v) is 5.01. The molecule has 3 aromatic rings. The maximum atomic E-state index is 12.5. The van der Waals surface area contributed by atoms with E-state index in [2.05, 4.69) is 15.3 Å². The number of benzene rings is 2. The number of hydrogen-bond acceptors (Lipinski definition) is 6. The van der Waals surface area contributed by atoms with Gasteiger partial charge in [0.15, 0.2) is 0 Å². The van der Waals surface area contributed by atoms with Crippen LogP contribution in [0.1, 0.15) is 6.92 Å². The topological polar surface area (TPSA) is 98.0 Å². The van der Waals surface area contributed by atoms with E-state index >= 15 is 0 Å². The van der Waals surface area contributed by atoms with Crippen LogP contribution >= 0.6 is 23.4 Å². The number of amides is 1. The predicted molar refractivity (Wildman–Crippen MR) is 102 cm³/mol. The number of aromatic nitrogens is 2. The second-order valence-electron chi connectivity index (χ2n) is 5.37. The summed E-state index contributed by atoms with van der Waals surface area (Å²) in [6, 6.07) is 11.4. The minimum Gasteiger partial charge on any atom is -0.324 e. The number of nitrogens with one attached hydrogen (secondary N) is 1. The van der Waals surface area contributed by atoms with Gasteiger partial charge >= 0.3 is 0 Å². The van der Waals surface area contributed by atoms with E-state index in [-0.39, 0.29) is 16.6 Å². The molecule has 26 heavy (non-hydrogen) atoms. The molecule has 132 valence electrons. The molecule has 0 bridgehead atoms. The molecular weight excluding hydrogens is 376 g/mol. The van der Waals surface area contributed by atoms with E-state index in [0.717, 1.165) is 10.9 Å². The maximum Gasteiger partial charge on any atom is 0.271 e. The maximum absolute atomic E-state index is 12.5. The van der Waals surface area contributed by atoms with Crippen LogP contribution in [0.2, 0.25) is 5.02 Å². The Hall–Kier alpha value is -2.71. The van der Waals surface area contributed by atoms with Crippen LogP contribution < -0.4 is 5.32 Å². The third-order valence-electron chi connectivity index (χ3n) is 3.59. The van der Waals surface area contributed by atoms with Crippen LogP contribution in [-0.2, 0) is 4.79 Å². The van der Waals surface area contributed by atoms with E-state index in [1.54, 1.807) is 6.92 Å². The Morgan fingerprint density at radius 2 is 2.04 bits per heavy atom. The summed E-state index contributed by atoms with van der Waals surface area (Å²) >= 11 is 7.31. The molecule has 1 amide bonds. The number of anilines is 1. The van der Waals surface area contributed by atoms with Crippen molar-refractivity contribution < 1.29 is 9.72 Å². The van der Waals surface area contributed by atoms with Crippen LogP contribution in [0.4, 0.5) is 11.4 Å². The van der Waals surface area contributed by atoms with E-state index in [1.807, 2.05) is 24.3 Å². The molecule has 0 aliphatic rings. The van der Waals surface area contributed by atoms with Crippen LogP contribution in [-0.4, -0.2) is 26.0 Å². The van der Waals surface area contributed by atoms with Gasteiger partial charge in [-0.3, -0.25) is 14.9 Å². The molecule has 7 nitrogen and oxygen atoms in total. The highest BCUT2D eigenvalue weighted by Crippen LogP contribution is 2.30. The quantitative estimate of drug-likeness (QED) is 0.302. The number of thioether (sulfide) groups is 1. The van der Waals surface area contributed by atoms with E-state index in [1.165, 1.54) is 36.3 Å². The van der Waals surface area contributed by atoms with E-state index in [9.17, 15) is 14.9 Å². The van der Waals surface area contributed by atoms with Gasteiger partial charge in [0.05, 0.1) is 26.4 Å². The first-order valence-electron chi connectivity index (χ1n) is 7.57. The molecule has 0 fully saturated rings. The fraction of sp³-hybridized carbons (Fsp3) is 0.118. The summed E-state index contributed by atoms with van der Waals surface area (Å²) in [5.74, 6) is -0.284. The first kappa shape index (κ1) is 18.1. The Kier molecular flexibility index (Phi) is 5.34. The zero-order valence-corrected chi connectivity index (χ0v) is 15.1. The van der Waals surface area contributed by atoms with E-state index < -0.39 is 10.2 Å². The number of fused-ring (bicyclic) bond motifs is 1. The fourth-order valence-electron chi connectivity index (χ4n) is 2.25. The molecule has 0 aliphatic carbocycles. The van der Waals surface area contributed by atoms with Crippen LogP contribution in [0.15, 0.2) is 53.8 Å². The molecule has 0 saturated carbocycles. The standard InChI is InChI=1S/C17H13ClN4O3S/c1-10(26-17-12-4-2-3-5-14(12)19-9-20-17)16(23)21-15-7-6-11(22(24)25)8-13(15)18/h2-10H,1H3,(H,21,23). The Labute approximate surface area is 157 Å². The highest BCUT2D eigenvalue weighted by Gasteiger charge is 2.19. The van der Waals surface area contributed by atoms with Gasteiger partial charge in [0, 0.05) is 17.5 Å². The molecule has 2 aromatic carbocycles. The second kappa shape index (κ2) is 7.67. The number of carbonyl (C=O) groups excluding carboxylic acids is 1. The normalized spacial score (nSPS) is 11.9. The van der Waals surface area contributed by atoms with Gasteiger partial charge in [0.2, 0.25) is 5.91 Å². The lowest BCUT2D eigenvalue weighted by Gasteiger charge is -2.13. The largest absolute Gasteiger partial charge is 0.324 e. The first-order valence-corrected chi connectivity index (χ1v) is 8.82. The average Bonchev–Trinajstić information content (AvgIpc) is 2.63. The number of carbonyl (C=O) groups is 1. The van der Waals surface area contributed by atoms with E-state index in [4.69, 9.17) is 11.6 Å². The van der Waals surface area contributed by atoms with Crippen LogP contribution in [0.3, 0.4) is 0 Å². The fourth-order valence-corrected chi connectivity index (χ4v) is 3.38. The zero-order valence-electron chi connectivity index (χ0n) is 13.5. The van der Waals surface area contributed by atoms with Crippen LogP contribution in [0, 0.1) is 10.1 Å². The molecule has 0 saturated heterocycles. The van der Waals surface area contributed by atoms with Crippen molar-refractivity contribution in [3.05, 3.63) is 63.9 Å². The van der Waals surface area contributed by atoms with Crippen LogP contribution in [0.25, 0.3) is 10.9 Å². The SMILES string of the molecule is CC(Sc1ncnc2ccccc12)C(=O)Nc1ccc([N+](=O)[O-])cc1Cl. The molecule has 1 heterocycles. The molecule has 1 unspecified atom stereocenters. The van der Waals surface area contributed by atoms with Crippen molar-refractivity contribution >= 4 is 51.5 Å². The Bertz CT molecular complexity index is 993. The number of non-ortho nitro benzene ring substituents is 1. The predicted octanol–water partition coefficient (Wildman–Crippen LogP) is 4.31. The Morgan fingerprint density at radius 1 is 1.27 bits per heavy atom. The number of nitro groups is 1. The van der Waals surface area contributed by atoms with Gasteiger partial charge in [-0.25, -0.2) is 9.97 Å². The Morgan fingerprint density at radius 3 is 2.77 bits per heavy atom. The summed E-state index contributed by atoms with van der Waals surface area (Å²) < 4.78 is 0. The van der Waals surface area contributed by atoms with Crippen molar-refractivity contribution in [1.29, 1.82) is 0 Å².